The Morgan fingerprint density at radius 1 is 0.347 bits per heavy atom. The van der Waals surface area contributed by atoms with E-state index in [1.54, 1.807) is 0 Å². The van der Waals surface area contributed by atoms with E-state index in [0.717, 1.165) is 0 Å². The zero-order valence-electron chi connectivity index (χ0n) is 28.2. The zero-order chi connectivity index (χ0) is 34.3. The summed E-state index contributed by atoms with van der Waals surface area (Å²) >= 11 is -0.106. The molecule has 244 valence electrons. The summed E-state index contributed by atoms with van der Waals surface area (Å²) in [6.07, 6.45) is 0. The molecule has 0 bridgehead atoms. The number of rotatable bonds is 7. The van der Waals surface area contributed by atoms with E-state index >= 15 is 0 Å². The summed E-state index contributed by atoms with van der Waals surface area (Å²) < 4.78 is 3.62. The van der Waals surface area contributed by atoms with Crippen LogP contribution in [0, 0.1) is 20.8 Å². The smallest absolute Gasteiger partial charge is 0.0620 e. The standard InChI is InChI=1S/C24H20P.3C7H7.BrH.ClH.Sn/c1-5-13-21(14-6-1)25(22-15-7-2-8-16-22,23-17-9-3-10-18-23)24-19-11-4-12-20-24;3*1-7-5-3-2-4-6-7;;;/h1-20H;3*3-6H,1H3;2*1H;/q+1;;;;;;+1/p-2. The summed E-state index contributed by atoms with van der Waals surface area (Å²) in [6.45, 7) is 6.31. The predicted octanol–water partition coefficient (Wildman–Crippen LogP) is 8.97. The van der Waals surface area contributed by atoms with Gasteiger partial charge in [0.1, 0.15) is 28.5 Å². The Balaban J connectivity index is 0.000000170. The largest absolute Gasteiger partial charge is 0.144 e. The van der Waals surface area contributed by atoms with Crippen molar-refractivity contribution in [3.63, 3.8) is 0 Å². The third-order valence-electron chi connectivity index (χ3n) is 9.25. The van der Waals surface area contributed by atoms with E-state index in [0.29, 0.717) is 0 Å². The maximum atomic E-state index is 7.65. The molecule has 0 aliphatic carbocycles. The molecule has 0 aromatic heterocycles. The van der Waals surface area contributed by atoms with Crippen molar-refractivity contribution in [1.82, 2.24) is 0 Å². The van der Waals surface area contributed by atoms with Crippen LogP contribution in [0.25, 0.3) is 0 Å². The molecule has 0 nitrogen and oxygen atoms in total. The Morgan fingerprint density at radius 2 is 0.551 bits per heavy atom. The summed E-state index contributed by atoms with van der Waals surface area (Å²) in [5.41, 5.74) is 3.73. The maximum Gasteiger partial charge on any atom is 0.144 e. The molecule has 0 heterocycles. The summed E-state index contributed by atoms with van der Waals surface area (Å²) in [4.78, 5) is 0. The third kappa shape index (κ3) is 7.10. The normalized spacial score (nSPS) is 12.2. The van der Waals surface area contributed by atoms with Crippen LogP contribution in [0.4, 0.5) is 0 Å². The molecule has 0 fully saturated rings. The zero-order valence-corrected chi connectivity index (χ0v) is 34.3. The Kier molecular flexibility index (Phi) is 11.0. The minimum absolute atomic E-state index is 1.21. The Morgan fingerprint density at radius 3 is 0.755 bits per heavy atom. The Bertz CT molecular complexity index is 1800. The molecular formula is C45H41BrClPSn. The Hall–Kier alpha value is -3.46. The van der Waals surface area contributed by atoms with E-state index in [2.05, 4.69) is 228 Å². The second-order valence-electron chi connectivity index (χ2n) is 12.6. The summed E-state index contributed by atoms with van der Waals surface area (Å²) in [5.74, 6) is 0. The number of hydrogen-bond acceptors (Lipinski definition) is 0. The molecule has 0 amide bonds. The average Bonchev–Trinajstić information content (AvgIpc) is 3.15. The minimum Gasteiger partial charge on any atom is -0.0620 e. The molecule has 7 aromatic rings. The first-order valence-electron chi connectivity index (χ1n) is 16.6. The average molecular weight is 847 g/mol. The van der Waals surface area contributed by atoms with Crippen molar-refractivity contribution in [3.05, 3.63) is 211 Å². The van der Waals surface area contributed by atoms with Crippen LogP contribution >= 0.6 is 28.9 Å². The van der Waals surface area contributed by atoms with Gasteiger partial charge in [0.2, 0.25) is 0 Å². The fourth-order valence-corrected chi connectivity index (χ4v) is 28.0. The molecule has 7 rings (SSSR count). The van der Waals surface area contributed by atoms with E-state index < -0.39 is 20.9 Å². The molecular weight excluding hydrogens is 806 g/mol. The first-order chi connectivity index (χ1) is 23.7. The maximum absolute atomic E-state index is 7.65. The molecule has 49 heavy (non-hydrogen) atoms. The summed E-state index contributed by atoms with van der Waals surface area (Å²) in [6, 6.07) is 69.8. The van der Waals surface area contributed by atoms with Crippen LogP contribution in [0.3, 0.4) is 0 Å². The topological polar surface area (TPSA) is 0 Å². The van der Waals surface area contributed by atoms with Crippen molar-refractivity contribution >= 4 is 74.5 Å². The second-order valence-corrected chi connectivity index (χ2v) is 45.5. The van der Waals surface area contributed by atoms with Gasteiger partial charge in [0, 0.05) is 0 Å². The molecule has 0 aliphatic heterocycles. The number of halogens is 2. The third-order valence-corrected chi connectivity index (χ3v) is 38.7. The van der Waals surface area contributed by atoms with Gasteiger partial charge in [-0.1, -0.05) is 72.8 Å². The van der Waals surface area contributed by atoms with Crippen molar-refractivity contribution in [3.8, 4) is 0 Å². The van der Waals surface area contributed by atoms with Crippen LogP contribution < -0.4 is 32.0 Å². The van der Waals surface area contributed by atoms with Crippen LogP contribution in [0.5, 0.6) is 0 Å². The molecule has 0 N–H and O–H groups in total. The van der Waals surface area contributed by atoms with E-state index in [-0.39, 0.29) is 0 Å². The van der Waals surface area contributed by atoms with Gasteiger partial charge < -0.3 is 0 Å². The number of benzene rings is 7. The van der Waals surface area contributed by atoms with Gasteiger partial charge in [-0.05, 0) is 48.5 Å². The van der Waals surface area contributed by atoms with E-state index in [4.69, 9.17) is 8.92 Å². The molecule has 0 unspecified atom stereocenters. The van der Waals surface area contributed by atoms with Gasteiger partial charge in [-0.3, -0.25) is 0 Å². The van der Waals surface area contributed by atoms with Gasteiger partial charge in [0.05, 0.1) is 0 Å². The fourth-order valence-electron chi connectivity index (χ4n) is 6.54. The van der Waals surface area contributed by atoms with Gasteiger partial charge >= 0.3 is 156 Å². The molecule has 0 spiro atoms. The Labute approximate surface area is 303 Å². The van der Waals surface area contributed by atoms with Crippen molar-refractivity contribution < 1.29 is 0 Å². The van der Waals surface area contributed by atoms with E-state index in [1.165, 1.54) is 48.6 Å². The van der Waals surface area contributed by atoms with Crippen molar-refractivity contribution in [2.75, 3.05) is 0 Å². The quantitative estimate of drug-likeness (QED) is 0.111. The number of aryl methyl sites for hydroxylation is 3. The van der Waals surface area contributed by atoms with Crippen molar-refractivity contribution in [2.45, 2.75) is 20.8 Å². The summed E-state index contributed by atoms with van der Waals surface area (Å²) in [7, 11) is 5.75. The van der Waals surface area contributed by atoms with Crippen LogP contribution in [0.2, 0.25) is 0 Å². The van der Waals surface area contributed by atoms with Gasteiger partial charge in [-0.25, -0.2) is 0 Å². The van der Waals surface area contributed by atoms with Crippen LogP contribution in [0.1, 0.15) is 16.7 Å². The molecule has 7 aromatic carbocycles. The van der Waals surface area contributed by atoms with Gasteiger partial charge in [-0.15, -0.1) is 0 Å². The van der Waals surface area contributed by atoms with Crippen LogP contribution in [-0.4, -0.2) is 13.6 Å². The molecule has 0 atom stereocenters. The first-order valence-corrected chi connectivity index (χ1v) is 32.7. The van der Waals surface area contributed by atoms with Crippen molar-refractivity contribution in [2.24, 2.45) is 0 Å². The monoisotopic (exact) mass is 846 g/mol. The molecule has 4 heteroatoms. The van der Waals surface area contributed by atoms with Crippen LogP contribution in [-0.2, 0) is 0 Å². The molecule has 0 aliphatic rings. The SMILES string of the molecule is Cc1cc[c]([Sn-]([Cl])([Br])([c]2ccc(C)cc2)[c]2ccc(C)cc2)cc1.c1ccc([P+](c2ccccc2)(c2ccccc2)c2ccccc2)cc1. The van der Waals surface area contributed by atoms with E-state index in [9.17, 15) is 0 Å². The molecule has 0 saturated heterocycles. The van der Waals surface area contributed by atoms with E-state index in [1.807, 2.05) is 0 Å². The molecule has 0 radical (unpaired) electrons. The number of hydrogen-bond donors (Lipinski definition) is 0. The minimum atomic E-state index is -4.27. The molecule has 0 saturated carbocycles. The second kappa shape index (κ2) is 15.2. The predicted molar refractivity (Wildman–Crippen MR) is 224 cm³/mol. The first kappa shape index (κ1) is 35.4. The van der Waals surface area contributed by atoms with Gasteiger partial charge in [0.25, 0.3) is 0 Å². The van der Waals surface area contributed by atoms with Crippen molar-refractivity contribution in [1.29, 1.82) is 0 Å². The fraction of sp³-hybridized carbons (Fsp3) is 0.0667. The van der Waals surface area contributed by atoms with Gasteiger partial charge in [-0.2, -0.15) is 0 Å². The van der Waals surface area contributed by atoms with Crippen LogP contribution in [0.15, 0.2) is 194 Å². The van der Waals surface area contributed by atoms with Gasteiger partial charge in [0.15, 0.2) is 0 Å². The summed E-state index contributed by atoms with van der Waals surface area (Å²) in [5, 5.41) is 5.55.